The first-order valence-electron chi connectivity index (χ1n) is 5.53. The molecule has 6 nitrogen and oxygen atoms in total. The summed E-state index contributed by atoms with van der Waals surface area (Å²) in [4.78, 5) is 11.5. The van der Waals surface area contributed by atoms with Crippen LogP contribution in [0.1, 0.15) is 6.92 Å². The Kier molecular flexibility index (Phi) is 5.26. The summed E-state index contributed by atoms with van der Waals surface area (Å²) in [6.07, 6.45) is 0. The van der Waals surface area contributed by atoms with Crippen molar-refractivity contribution in [3.8, 4) is 0 Å². The molecule has 0 saturated carbocycles. The average Bonchev–Trinajstić information content (AvgIpc) is 2.30. The Labute approximate surface area is 107 Å². The Balaban J connectivity index is 2.77. The van der Waals surface area contributed by atoms with Gasteiger partial charge in [0.2, 0.25) is 15.9 Å². The van der Waals surface area contributed by atoms with Crippen LogP contribution in [-0.2, 0) is 14.8 Å². The number of nitrogens with one attached hydrogen (secondary N) is 3. The van der Waals surface area contributed by atoms with Gasteiger partial charge in [-0.05, 0) is 31.3 Å². The van der Waals surface area contributed by atoms with E-state index in [9.17, 15) is 13.2 Å². The number of rotatable bonds is 6. The highest BCUT2D eigenvalue weighted by molar-refractivity contribution is 7.89. The van der Waals surface area contributed by atoms with Crippen molar-refractivity contribution in [2.45, 2.75) is 11.8 Å². The zero-order valence-corrected chi connectivity index (χ0v) is 11.2. The largest absolute Gasteiger partial charge is 0.325 e. The van der Waals surface area contributed by atoms with Crippen LogP contribution in [0, 0.1) is 0 Å². The number of carbonyl (C=O) groups excluding carboxylic acids is 1. The predicted molar refractivity (Wildman–Crippen MR) is 69.9 cm³/mol. The fourth-order valence-corrected chi connectivity index (χ4v) is 2.40. The zero-order valence-electron chi connectivity index (χ0n) is 10.4. The van der Waals surface area contributed by atoms with Crippen molar-refractivity contribution in [1.29, 1.82) is 0 Å². The van der Waals surface area contributed by atoms with Crippen LogP contribution in [0.25, 0.3) is 0 Å². The van der Waals surface area contributed by atoms with Gasteiger partial charge in [-0.3, -0.25) is 4.79 Å². The summed E-state index contributed by atoms with van der Waals surface area (Å²) in [5.74, 6) is -0.181. The van der Waals surface area contributed by atoms with Crippen LogP contribution in [0.3, 0.4) is 0 Å². The maximum absolute atomic E-state index is 11.7. The van der Waals surface area contributed by atoms with Crippen LogP contribution in [-0.4, -0.2) is 34.5 Å². The highest BCUT2D eigenvalue weighted by Crippen LogP contribution is 2.13. The van der Waals surface area contributed by atoms with E-state index in [0.717, 1.165) is 0 Å². The minimum absolute atomic E-state index is 0.177. The molecule has 7 heteroatoms. The van der Waals surface area contributed by atoms with Crippen molar-refractivity contribution in [2.24, 2.45) is 0 Å². The molecule has 0 bridgehead atoms. The van der Waals surface area contributed by atoms with E-state index in [-0.39, 0.29) is 17.3 Å². The molecule has 0 fully saturated rings. The highest BCUT2D eigenvalue weighted by atomic mass is 32.2. The number of likely N-dealkylation sites (N-methyl/N-ethyl adjacent to an activating group) is 1. The van der Waals surface area contributed by atoms with E-state index in [1.165, 1.54) is 12.1 Å². The van der Waals surface area contributed by atoms with Crippen molar-refractivity contribution in [3.63, 3.8) is 0 Å². The Morgan fingerprint density at radius 3 is 2.33 bits per heavy atom. The highest BCUT2D eigenvalue weighted by Gasteiger charge is 2.12. The third-order valence-corrected chi connectivity index (χ3v) is 3.68. The van der Waals surface area contributed by atoms with Crippen molar-refractivity contribution in [3.05, 3.63) is 24.3 Å². The predicted octanol–water partition coefficient (Wildman–Crippen LogP) is 0.143. The van der Waals surface area contributed by atoms with Gasteiger partial charge in [0.1, 0.15) is 0 Å². The van der Waals surface area contributed by atoms with E-state index < -0.39 is 10.0 Å². The minimum atomic E-state index is -3.44. The summed E-state index contributed by atoms with van der Waals surface area (Å²) >= 11 is 0. The normalized spacial score (nSPS) is 11.2. The van der Waals surface area contributed by atoms with Crippen LogP contribution in [0.2, 0.25) is 0 Å². The van der Waals surface area contributed by atoms with Gasteiger partial charge in [0.05, 0.1) is 11.4 Å². The maximum Gasteiger partial charge on any atom is 0.240 e. The summed E-state index contributed by atoms with van der Waals surface area (Å²) in [6.45, 7) is 2.25. The lowest BCUT2D eigenvalue weighted by Crippen LogP contribution is -2.25. The molecular weight excluding hydrogens is 254 g/mol. The molecule has 0 aliphatic rings. The second-order valence-corrected chi connectivity index (χ2v) is 5.37. The van der Waals surface area contributed by atoms with E-state index in [2.05, 4.69) is 15.4 Å². The van der Waals surface area contributed by atoms with E-state index in [1.807, 2.05) is 0 Å². The van der Waals surface area contributed by atoms with E-state index in [4.69, 9.17) is 0 Å². The first kappa shape index (κ1) is 14.6. The number of hydrogen-bond acceptors (Lipinski definition) is 4. The molecule has 1 amide bonds. The van der Waals surface area contributed by atoms with E-state index in [0.29, 0.717) is 12.2 Å². The van der Waals surface area contributed by atoms with E-state index in [1.54, 1.807) is 26.1 Å². The molecule has 0 aliphatic heterocycles. The number of benzene rings is 1. The fraction of sp³-hybridized carbons (Fsp3) is 0.364. The van der Waals surface area contributed by atoms with Crippen LogP contribution in [0.5, 0.6) is 0 Å². The minimum Gasteiger partial charge on any atom is -0.325 e. The zero-order chi connectivity index (χ0) is 13.6. The average molecular weight is 271 g/mol. The number of hydrogen-bond donors (Lipinski definition) is 3. The molecule has 0 atom stereocenters. The molecule has 0 spiro atoms. The molecule has 0 aliphatic carbocycles. The molecule has 1 rings (SSSR count). The molecule has 1 aromatic rings. The van der Waals surface area contributed by atoms with Gasteiger partial charge in [0, 0.05) is 12.2 Å². The lowest BCUT2D eigenvalue weighted by Gasteiger charge is -2.07. The number of carbonyl (C=O) groups is 1. The molecular formula is C11H17N3O3S. The van der Waals surface area contributed by atoms with Gasteiger partial charge in [-0.1, -0.05) is 6.92 Å². The van der Waals surface area contributed by atoms with Crippen molar-refractivity contribution >= 4 is 21.6 Å². The summed E-state index contributed by atoms with van der Waals surface area (Å²) in [6, 6.07) is 6.01. The molecule has 0 radical (unpaired) electrons. The van der Waals surface area contributed by atoms with Crippen LogP contribution in [0.4, 0.5) is 5.69 Å². The molecule has 0 unspecified atom stereocenters. The van der Waals surface area contributed by atoms with Gasteiger partial charge >= 0.3 is 0 Å². The van der Waals surface area contributed by atoms with Crippen LogP contribution >= 0.6 is 0 Å². The number of anilines is 1. The summed E-state index contributed by atoms with van der Waals surface area (Å²) in [7, 11) is -1.77. The smallest absolute Gasteiger partial charge is 0.240 e. The second kappa shape index (κ2) is 6.48. The second-order valence-electron chi connectivity index (χ2n) is 3.60. The van der Waals surface area contributed by atoms with Gasteiger partial charge < -0.3 is 10.6 Å². The molecule has 100 valence electrons. The van der Waals surface area contributed by atoms with Gasteiger partial charge in [-0.15, -0.1) is 0 Å². The molecule has 18 heavy (non-hydrogen) atoms. The van der Waals surface area contributed by atoms with Crippen LogP contribution < -0.4 is 15.4 Å². The number of sulfonamides is 1. The summed E-state index contributed by atoms with van der Waals surface area (Å²) in [5, 5.41) is 5.36. The lowest BCUT2D eigenvalue weighted by molar-refractivity contribution is -0.115. The first-order valence-corrected chi connectivity index (χ1v) is 7.02. The van der Waals surface area contributed by atoms with Crippen molar-refractivity contribution in [2.75, 3.05) is 25.5 Å². The first-order chi connectivity index (χ1) is 8.49. The standard InChI is InChI=1S/C11H17N3O3S/c1-3-13-18(16,17)10-6-4-9(5-7-10)14-11(15)8-12-2/h4-7,12-13H,3,8H2,1-2H3,(H,14,15). The Hall–Kier alpha value is -1.44. The SMILES string of the molecule is CCNS(=O)(=O)c1ccc(NC(=O)CNC)cc1. The quantitative estimate of drug-likeness (QED) is 0.687. The molecule has 3 N–H and O–H groups in total. The lowest BCUT2D eigenvalue weighted by atomic mass is 10.3. The molecule has 0 heterocycles. The summed E-state index contributed by atoms with van der Waals surface area (Å²) in [5.41, 5.74) is 0.561. The van der Waals surface area contributed by atoms with Crippen LogP contribution in [0.15, 0.2) is 29.2 Å². The third kappa shape index (κ3) is 4.10. The van der Waals surface area contributed by atoms with E-state index >= 15 is 0 Å². The van der Waals surface area contributed by atoms with Gasteiger partial charge in [0.25, 0.3) is 0 Å². The number of amides is 1. The maximum atomic E-state index is 11.7. The Morgan fingerprint density at radius 1 is 1.22 bits per heavy atom. The van der Waals surface area contributed by atoms with Gasteiger partial charge in [-0.2, -0.15) is 0 Å². The fourth-order valence-electron chi connectivity index (χ4n) is 1.36. The molecule has 0 saturated heterocycles. The monoisotopic (exact) mass is 271 g/mol. The Morgan fingerprint density at radius 2 is 1.83 bits per heavy atom. The van der Waals surface area contributed by atoms with Gasteiger partial charge in [0.15, 0.2) is 0 Å². The summed E-state index contributed by atoms with van der Waals surface area (Å²) < 4.78 is 25.7. The molecule has 0 aromatic heterocycles. The Bertz CT molecular complexity index is 497. The topological polar surface area (TPSA) is 87.3 Å². The third-order valence-electron chi connectivity index (χ3n) is 2.12. The van der Waals surface area contributed by atoms with Gasteiger partial charge in [-0.25, -0.2) is 13.1 Å². The van der Waals surface area contributed by atoms with Crippen molar-refractivity contribution in [1.82, 2.24) is 10.0 Å². The molecule has 1 aromatic carbocycles. The van der Waals surface area contributed by atoms with Crippen molar-refractivity contribution < 1.29 is 13.2 Å².